The third kappa shape index (κ3) is 5.14. The minimum atomic E-state index is -3.96. The van der Waals surface area contributed by atoms with Crippen LogP contribution in [0.25, 0.3) is 0 Å². The second-order valence-corrected chi connectivity index (χ2v) is 10.3. The van der Waals surface area contributed by atoms with E-state index in [1.165, 1.54) is 12.1 Å². The third-order valence-electron chi connectivity index (χ3n) is 5.24. The molecule has 1 saturated heterocycles. The fourth-order valence-electron chi connectivity index (χ4n) is 3.57. The van der Waals surface area contributed by atoms with Crippen molar-refractivity contribution in [2.45, 2.75) is 18.4 Å². The number of thiazole rings is 1. The van der Waals surface area contributed by atoms with Gasteiger partial charge in [-0.3, -0.25) is 14.4 Å². The van der Waals surface area contributed by atoms with Gasteiger partial charge in [-0.05, 0) is 43.3 Å². The molecule has 0 unspecified atom stereocenters. The first-order valence-electron chi connectivity index (χ1n) is 10.1. The number of nitrogens with one attached hydrogen (secondary N) is 1. The van der Waals surface area contributed by atoms with Crippen LogP contribution in [0.15, 0.2) is 58.8 Å². The number of para-hydroxylation sites is 1. The summed E-state index contributed by atoms with van der Waals surface area (Å²) in [5.41, 5.74) is 1.51. The summed E-state index contributed by atoms with van der Waals surface area (Å²) in [6.45, 7) is 5.24. The van der Waals surface area contributed by atoms with Crippen LogP contribution in [0.3, 0.4) is 0 Å². The molecule has 0 radical (unpaired) electrons. The number of sulfonamides is 1. The second kappa shape index (κ2) is 9.35. The Morgan fingerprint density at radius 2 is 1.78 bits per heavy atom. The number of hydrogen-bond donors (Lipinski definition) is 1. The lowest BCUT2D eigenvalue weighted by Crippen LogP contribution is -2.48. The smallest absolute Gasteiger partial charge is 0.261 e. The van der Waals surface area contributed by atoms with Crippen molar-refractivity contribution in [3.8, 4) is 0 Å². The Kier molecular flexibility index (Phi) is 6.54. The zero-order valence-electron chi connectivity index (χ0n) is 17.5. The molecular weight excluding hydrogens is 451 g/mol. The summed E-state index contributed by atoms with van der Waals surface area (Å²) >= 11 is 1.62. The summed E-state index contributed by atoms with van der Waals surface area (Å²) in [4.78, 5) is 21.6. The average molecular weight is 475 g/mol. The highest BCUT2D eigenvalue weighted by Gasteiger charge is 2.25. The van der Waals surface area contributed by atoms with Gasteiger partial charge >= 0.3 is 0 Å². The van der Waals surface area contributed by atoms with Gasteiger partial charge in [-0.1, -0.05) is 12.1 Å². The lowest BCUT2D eigenvalue weighted by atomic mass is 10.1. The predicted octanol–water partition coefficient (Wildman–Crippen LogP) is 3.35. The Balaban J connectivity index is 1.44. The summed E-state index contributed by atoms with van der Waals surface area (Å²) in [7, 11) is -3.96. The zero-order chi connectivity index (χ0) is 22.7. The van der Waals surface area contributed by atoms with Crippen LogP contribution in [-0.2, 0) is 16.6 Å². The number of aryl methyl sites for hydroxylation is 1. The van der Waals surface area contributed by atoms with Crippen molar-refractivity contribution in [2.75, 3.05) is 30.9 Å². The van der Waals surface area contributed by atoms with Crippen molar-refractivity contribution in [1.29, 1.82) is 0 Å². The Bertz CT molecular complexity index is 1200. The van der Waals surface area contributed by atoms with Crippen LogP contribution >= 0.6 is 11.3 Å². The maximum atomic E-state index is 13.2. The molecule has 1 fully saturated rings. The van der Waals surface area contributed by atoms with Gasteiger partial charge in [-0.15, -0.1) is 11.3 Å². The first-order chi connectivity index (χ1) is 15.3. The summed E-state index contributed by atoms with van der Waals surface area (Å²) in [5.74, 6) is -0.754. The van der Waals surface area contributed by atoms with E-state index >= 15 is 0 Å². The van der Waals surface area contributed by atoms with Gasteiger partial charge in [0.2, 0.25) is 0 Å². The summed E-state index contributed by atoms with van der Waals surface area (Å²) in [5, 5.41) is 3.09. The number of piperazine rings is 1. The number of rotatable bonds is 6. The summed E-state index contributed by atoms with van der Waals surface area (Å²) in [6, 6.07) is 11.0. The van der Waals surface area contributed by atoms with E-state index < -0.39 is 15.8 Å². The number of halogens is 1. The van der Waals surface area contributed by atoms with Crippen LogP contribution in [0.5, 0.6) is 0 Å². The fraction of sp³-hybridized carbons (Fsp3) is 0.273. The maximum Gasteiger partial charge on any atom is 0.261 e. The van der Waals surface area contributed by atoms with Crippen LogP contribution in [0.4, 0.5) is 10.1 Å². The van der Waals surface area contributed by atoms with E-state index in [1.54, 1.807) is 40.5 Å². The largest absolute Gasteiger partial charge is 0.336 e. The van der Waals surface area contributed by atoms with Crippen LogP contribution in [-0.4, -0.2) is 55.3 Å². The number of amides is 1. The molecule has 2 heterocycles. The molecule has 0 spiro atoms. The van der Waals surface area contributed by atoms with Gasteiger partial charge in [0.15, 0.2) is 0 Å². The summed E-state index contributed by atoms with van der Waals surface area (Å²) in [6.07, 6.45) is 0. The number of benzene rings is 2. The van der Waals surface area contributed by atoms with Crippen LogP contribution in [0.2, 0.25) is 0 Å². The molecule has 7 nitrogen and oxygen atoms in total. The number of hydrogen-bond acceptors (Lipinski definition) is 6. The molecular formula is C22H23FN4O3S2. The molecule has 2 aromatic carbocycles. The lowest BCUT2D eigenvalue weighted by Gasteiger charge is -2.34. The van der Waals surface area contributed by atoms with Crippen LogP contribution in [0.1, 0.15) is 21.1 Å². The lowest BCUT2D eigenvalue weighted by molar-refractivity contribution is 0.0628. The van der Waals surface area contributed by atoms with Crippen molar-refractivity contribution >= 4 is 33.0 Å². The molecule has 0 atom stereocenters. The highest BCUT2D eigenvalue weighted by atomic mass is 32.2. The van der Waals surface area contributed by atoms with E-state index in [0.717, 1.165) is 29.4 Å². The van der Waals surface area contributed by atoms with E-state index in [1.807, 2.05) is 6.92 Å². The number of carbonyl (C=O) groups excluding carboxylic acids is 1. The third-order valence-corrected chi connectivity index (χ3v) is 7.44. The molecule has 3 aromatic rings. The molecule has 0 saturated carbocycles. The monoisotopic (exact) mass is 474 g/mol. The van der Waals surface area contributed by atoms with E-state index in [9.17, 15) is 17.6 Å². The topological polar surface area (TPSA) is 82.6 Å². The van der Waals surface area contributed by atoms with E-state index in [2.05, 4.69) is 20.0 Å². The molecule has 1 aliphatic heterocycles. The maximum absolute atomic E-state index is 13.2. The van der Waals surface area contributed by atoms with Crippen molar-refractivity contribution in [1.82, 2.24) is 14.8 Å². The van der Waals surface area contributed by atoms with E-state index in [0.29, 0.717) is 26.2 Å². The van der Waals surface area contributed by atoms with E-state index in [4.69, 9.17) is 0 Å². The highest BCUT2D eigenvalue weighted by molar-refractivity contribution is 7.92. The van der Waals surface area contributed by atoms with Gasteiger partial charge in [-0.2, -0.15) is 0 Å². The number of anilines is 1. The molecule has 1 amide bonds. The highest BCUT2D eigenvalue weighted by Crippen LogP contribution is 2.23. The zero-order valence-corrected chi connectivity index (χ0v) is 19.1. The van der Waals surface area contributed by atoms with Gasteiger partial charge in [-0.25, -0.2) is 17.8 Å². The second-order valence-electron chi connectivity index (χ2n) is 7.53. The molecule has 1 aliphatic rings. The van der Waals surface area contributed by atoms with Gasteiger partial charge in [0.25, 0.3) is 15.9 Å². The Morgan fingerprint density at radius 3 is 2.44 bits per heavy atom. The molecule has 0 bridgehead atoms. The molecule has 10 heteroatoms. The number of carbonyl (C=O) groups is 1. The average Bonchev–Trinajstić information content (AvgIpc) is 3.19. The SMILES string of the molecule is Cc1nc(CN2CCN(C(=O)c3ccccc3NS(=O)(=O)c3ccc(F)cc3)CC2)cs1. The van der Waals surface area contributed by atoms with Crippen LogP contribution < -0.4 is 4.72 Å². The van der Waals surface area contributed by atoms with Crippen molar-refractivity contribution in [2.24, 2.45) is 0 Å². The normalized spacial score (nSPS) is 15.0. The molecule has 0 aliphatic carbocycles. The Hall–Kier alpha value is -2.82. The van der Waals surface area contributed by atoms with E-state index in [-0.39, 0.29) is 22.1 Å². The molecule has 32 heavy (non-hydrogen) atoms. The van der Waals surface area contributed by atoms with Crippen molar-refractivity contribution < 1.29 is 17.6 Å². The van der Waals surface area contributed by atoms with Gasteiger partial charge in [0.05, 0.1) is 26.8 Å². The molecule has 168 valence electrons. The Morgan fingerprint density at radius 1 is 1.09 bits per heavy atom. The minimum Gasteiger partial charge on any atom is -0.336 e. The standard InChI is InChI=1S/C22H23FN4O3S2/c1-16-24-18(15-31-16)14-26-10-12-27(13-11-26)22(28)20-4-2-3-5-21(20)25-32(29,30)19-8-6-17(23)7-9-19/h2-9,15,25H,10-14H2,1H3. The first-order valence-corrected chi connectivity index (χ1v) is 12.5. The molecule has 1 N–H and O–H groups in total. The quantitative estimate of drug-likeness (QED) is 0.593. The van der Waals surface area contributed by atoms with Crippen molar-refractivity contribution in [3.05, 3.63) is 76.0 Å². The summed E-state index contributed by atoms with van der Waals surface area (Å²) < 4.78 is 41.1. The molecule has 4 rings (SSSR count). The predicted molar refractivity (Wildman–Crippen MR) is 122 cm³/mol. The van der Waals surface area contributed by atoms with Gasteiger partial charge in [0.1, 0.15) is 5.82 Å². The van der Waals surface area contributed by atoms with Crippen molar-refractivity contribution in [3.63, 3.8) is 0 Å². The molecule has 1 aromatic heterocycles. The number of nitrogens with zero attached hydrogens (tertiary/aromatic N) is 3. The minimum absolute atomic E-state index is 0.0768. The van der Waals surface area contributed by atoms with Gasteiger partial charge in [0, 0.05) is 38.1 Å². The van der Waals surface area contributed by atoms with Gasteiger partial charge < -0.3 is 4.90 Å². The Labute approximate surface area is 190 Å². The fourth-order valence-corrected chi connectivity index (χ4v) is 5.25. The van der Waals surface area contributed by atoms with Crippen LogP contribution in [0, 0.1) is 12.7 Å². The number of aromatic nitrogens is 1. The first kappa shape index (κ1) is 22.4.